The summed E-state index contributed by atoms with van der Waals surface area (Å²) in [5, 5.41) is 15.7. The molecule has 5 rings (SSSR count). The van der Waals surface area contributed by atoms with Crippen LogP contribution < -0.4 is 4.90 Å². The second-order valence-electron chi connectivity index (χ2n) is 8.45. The fraction of sp³-hybridized carbons (Fsp3) is 0.192. The van der Waals surface area contributed by atoms with Crippen molar-refractivity contribution >= 4 is 17.4 Å². The Bertz CT molecular complexity index is 1360. The number of piperazine rings is 1. The van der Waals surface area contributed by atoms with Gasteiger partial charge < -0.3 is 9.80 Å². The molecule has 1 aliphatic rings. The van der Waals surface area contributed by atoms with E-state index >= 15 is 0 Å². The third-order valence-electron chi connectivity index (χ3n) is 6.09. The lowest BCUT2D eigenvalue weighted by atomic mass is 10.0. The van der Waals surface area contributed by atoms with Gasteiger partial charge in [0.05, 0.1) is 16.2 Å². The molecule has 0 saturated carbocycles. The Morgan fingerprint density at radius 3 is 2.40 bits per heavy atom. The Balaban J connectivity index is 1.39. The van der Waals surface area contributed by atoms with Gasteiger partial charge in [-0.1, -0.05) is 42.0 Å². The molecule has 9 heteroatoms. The van der Waals surface area contributed by atoms with E-state index in [2.05, 4.69) is 4.98 Å². The first kappa shape index (κ1) is 22.3. The molecule has 0 spiro atoms. The number of amides is 1. The molecule has 1 fully saturated rings. The standard InChI is InChI=1S/C26H24N6O3/c1-19-6-5-7-20(16-19)25-23(18-31(28-25)21-8-3-2-4-9-21)26(33)30-14-12-29(13-15-30)24-11-10-22(17-27-24)32(34)35/h2-11,16-18H,12-15H2,1H3. The van der Waals surface area contributed by atoms with Crippen LogP contribution in [0.3, 0.4) is 0 Å². The molecule has 9 nitrogen and oxygen atoms in total. The second kappa shape index (κ2) is 9.38. The van der Waals surface area contributed by atoms with Crippen molar-refractivity contribution in [2.45, 2.75) is 6.92 Å². The molecule has 0 unspecified atom stereocenters. The van der Waals surface area contributed by atoms with Crippen LogP contribution in [-0.2, 0) is 0 Å². The number of rotatable bonds is 5. The monoisotopic (exact) mass is 468 g/mol. The summed E-state index contributed by atoms with van der Waals surface area (Å²) in [7, 11) is 0. The van der Waals surface area contributed by atoms with Crippen LogP contribution in [0.2, 0.25) is 0 Å². The maximum atomic E-state index is 13.6. The van der Waals surface area contributed by atoms with Gasteiger partial charge in [-0.25, -0.2) is 9.67 Å². The topological polar surface area (TPSA) is 97.4 Å². The first-order chi connectivity index (χ1) is 17.0. The lowest BCUT2D eigenvalue weighted by molar-refractivity contribution is -0.385. The number of anilines is 1. The second-order valence-corrected chi connectivity index (χ2v) is 8.45. The molecule has 176 valence electrons. The Morgan fingerprint density at radius 1 is 0.971 bits per heavy atom. The molecule has 0 radical (unpaired) electrons. The molecule has 4 aromatic rings. The number of hydrogen-bond donors (Lipinski definition) is 0. The minimum atomic E-state index is -0.463. The van der Waals surface area contributed by atoms with Crippen molar-refractivity contribution in [3.63, 3.8) is 0 Å². The molecule has 2 aromatic carbocycles. The van der Waals surface area contributed by atoms with Gasteiger partial charge in [0.2, 0.25) is 0 Å². The predicted molar refractivity (Wildman–Crippen MR) is 133 cm³/mol. The number of pyridine rings is 1. The number of nitro groups is 1. The molecule has 2 aromatic heterocycles. The molecular formula is C26H24N6O3. The summed E-state index contributed by atoms with van der Waals surface area (Å²) in [4.78, 5) is 32.1. The van der Waals surface area contributed by atoms with E-state index < -0.39 is 4.92 Å². The minimum Gasteiger partial charge on any atom is -0.353 e. The van der Waals surface area contributed by atoms with Gasteiger partial charge >= 0.3 is 0 Å². The number of benzene rings is 2. The van der Waals surface area contributed by atoms with Crippen LogP contribution in [0.1, 0.15) is 15.9 Å². The highest BCUT2D eigenvalue weighted by Gasteiger charge is 2.27. The highest BCUT2D eigenvalue weighted by molar-refractivity contribution is 6.00. The van der Waals surface area contributed by atoms with Crippen LogP contribution in [0.5, 0.6) is 0 Å². The SMILES string of the molecule is Cc1cccc(-c2nn(-c3ccccc3)cc2C(=O)N2CCN(c3ccc([N+](=O)[O-])cn3)CC2)c1. The summed E-state index contributed by atoms with van der Waals surface area (Å²) in [5.74, 6) is 0.597. The molecular weight excluding hydrogens is 444 g/mol. The molecule has 1 amide bonds. The van der Waals surface area contributed by atoms with Gasteiger partial charge in [-0.2, -0.15) is 5.10 Å². The average Bonchev–Trinajstić information content (AvgIpc) is 3.35. The largest absolute Gasteiger partial charge is 0.353 e. The van der Waals surface area contributed by atoms with Crippen molar-refractivity contribution in [1.82, 2.24) is 19.7 Å². The van der Waals surface area contributed by atoms with Crippen molar-refractivity contribution in [2.75, 3.05) is 31.1 Å². The fourth-order valence-corrected chi connectivity index (χ4v) is 4.23. The van der Waals surface area contributed by atoms with Crippen molar-refractivity contribution in [3.05, 3.63) is 100 Å². The van der Waals surface area contributed by atoms with E-state index in [0.717, 1.165) is 16.8 Å². The van der Waals surface area contributed by atoms with E-state index in [-0.39, 0.29) is 11.6 Å². The summed E-state index contributed by atoms with van der Waals surface area (Å²) in [5.41, 5.74) is 4.05. The van der Waals surface area contributed by atoms with Crippen LogP contribution in [0, 0.1) is 17.0 Å². The predicted octanol–water partition coefficient (Wildman–Crippen LogP) is 4.11. The summed E-state index contributed by atoms with van der Waals surface area (Å²) >= 11 is 0. The zero-order valence-corrected chi connectivity index (χ0v) is 19.2. The molecule has 1 saturated heterocycles. The zero-order chi connectivity index (χ0) is 24.4. The number of aromatic nitrogens is 3. The van der Waals surface area contributed by atoms with E-state index in [0.29, 0.717) is 43.3 Å². The number of nitrogens with zero attached hydrogens (tertiary/aromatic N) is 6. The van der Waals surface area contributed by atoms with Gasteiger partial charge in [0.15, 0.2) is 0 Å². The van der Waals surface area contributed by atoms with Gasteiger partial charge in [0.25, 0.3) is 11.6 Å². The van der Waals surface area contributed by atoms with Gasteiger partial charge in [0.1, 0.15) is 17.7 Å². The third kappa shape index (κ3) is 4.61. The molecule has 35 heavy (non-hydrogen) atoms. The quantitative estimate of drug-likeness (QED) is 0.323. The number of carbonyl (C=O) groups is 1. The Labute approximate surface area is 202 Å². The maximum Gasteiger partial charge on any atom is 0.287 e. The van der Waals surface area contributed by atoms with E-state index in [1.807, 2.05) is 71.3 Å². The number of hydrogen-bond acceptors (Lipinski definition) is 6. The minimum absolute atomic E-state index is 0.0401. The number of aryl methyl sites for hydroxylation is 1. The van der Waals surface area contributed by atoms with Crippen molar-refractivity contribution in [2.24, 2.45) is 0 Å². The molecule has 1 aliphatic heterocycles. The summed E-state index contributed by atoms with van der Waals surface area (Å²) < 4.78 is 1.75. The van der Waals surface area contributed by atoms with Crippen LogP contribution in [0.15, 0.2) is 79.1 Å². The third-order valence-corrected chi connectivity index (χ3v) is 6.09. The van der Waals surface area contributed by atoms with E-state index in [4.69, 9.17) is 5.10 Å². The van der Waals surface area contributed by atoms with Crippen LogP contribution >= 0.6 is 0 Å². The van der Waals surface area contributed by atoms with Gasteiger partial charge in [0, 0.05) is 44.0 Å². The van der Waals surface area contributed by atoms with Gasteiger partial charge in [-0.15, -0.1) is 0 Å². The summed E-state index contributed by atoms with van der Waals surface area (Å²) in [6.07, 6.45) is 3.07. The van der Waals surface area contributed by atoms with Crippen LogP contribution in [0.4, 0.5) is 11.5 Å². The maximum absolute atomic E-state index is 13.6. The first-order valence-electron chi connectivity index (χ1n) is 11.4. The first-order valence-corrected chi connectivity index (χ1v) is 11.4. The van der Waals surface area contributed by atoms with Crippen molar-refractivity contribution < 1.29 is 9.72 Å². The smallest absolute Gasteiger partial charge is 0.287 e. The van der Waals surface area contributed by atoms with Crippen LogP contribution in [-0.4, -0.2) is 56.7 Å². The Morgan fingerprint density at radius 2 is 1.74 bits per heavy atom. The normalized spacial score (nSPS) is 13.6. The summed E-state index contributed by atoms with van der Waals surface area (Å²) in [6.45, 7) is 4.22. The number of carbonyl (C=O) groups excluding carboxylic acids is 1. The van der Waals surface area contributed by atoms with Gasteiger partial charge in [-0.3, -0.25) is 14.9 Å². The molecule has 0 N–H and O–H groups in total. The summed E-state index contributed by atoms with van der Waals surface area (Å²) in [6, 6.07) is 20.8. The van der Waals surface area contributed by atoms with Crippen molar-refractivity contribution in [1.29, 1.82) is 0 Å². The highest BCUT2D eigenvalue weighted by Crippen LogP contribution is 2.27. The van der Waals surface area contributed by atoms with Gasteiger partial charge in [-0.05, 0) is 31.2 Å². The van der Waals surface area contributed by atoms with E-state index in [9.17, 15) is 14.9 Å². The van der Waals surface area contributed by atoms with Crippen molar-refractivity contribution in [3.8, 4) is 16.9 Å². The molecule has 0 aliphatic carbocycles. The lowest BCUT2D eigenvalue weighted by Crippen LogP contribution is -2.49. The Kier molecular flexibility index (Phi) is 5.97. The molecule has 3 heterocycles. The zero-order valence-electron chi connectivity index (χ0n) is 19.2. The Hall–Kier alpha value is -4.53. The highest BCUT2D eigenvalue weighted by atomic mass is 16.6. The molecule has 0 atom stereocenters. The fourth-order valence-electron chi connectivity index (χ4n) is 4.23. The average molecular weight is 469 g/mol. The van der Waals surface area contributed by atoms with Crippen LogP contribution in [0.25, 0.3) is 16.9 Å². The molecule has 0 bridgehead atoms. The van der Waals surface area contributed by atoms with E-state index in [1.165, 1.54) is 12.3 Å². The lowest BCUT2D eigenvalue weighted by Gasteiger charge is -2.35. The van der Waals surface area contributed by atoms with E-state index in [1.54, 1.807) is 16.9 Å². The number of para-hydroxylation sites is 1.